The van der Waals surface area contributed by atoms with Crippen molar-refractivity contribution in [1.29, 1.82) is 0 Å². The zero-order valence-corrected chi connectivity index (χ0v) is 13.3. The maximum Gasteiger partial charge on any atom is 0.324 e. The van der Waals surface area contributed by atoms with Gasteiger partial charge >= 0.3 is 5.97 Å². The lowest BCUT2D eigenvalue weighted by molar-refractivity contribution is -0.143. The van der Waals surface area contributed by atoms with E-state index in [4.69, 9.17) is 4.74 Å². The van der Waals surface area contributed by atoms with E-state index in [0.717, 1.165) is 25.9 Å². The van der Waals surface area contributed by atoms with Crippen LogP contribution in [-0.2, 0) is 22.5 Å². The van der Waals surface area contributed by atoms with E-state index < -0.39 is 0 Å². The van der Waals surface area contributed by atoms with Crippen LogP contribution in [0.1, 0.15) is 31.4 Å². The maximum absolute atomic E-state index is 11.9. The zero-order valence-electron chi connectivity index (χ0n) is 13.3. The van der Waals surface area contributed by atoms with E-state index in [2.05, 4.69) is 34.5 Å². The summed E-state index contributed by atoms with van der Waals surface area (Å²) >= 11 is 0. The molecule has 0 saturated heterocycles. The van der Waals surface area contributed by atoms with Gasteiger partial charge in [0.2, 0.25) is 0 Å². The lowest BCUT2D eigenvalue weighted by Crippen LogP contribution is -2.49. The van der Waals surface area contributed by atoms with Crippen LogP contribution < -0.4 is 5.32 Å². The van der Waals surface area contributed by atoms with E-state index in [9.17, 15) is 4.79 Å². The van der Waals surface area contributed by atoms with Gasteiger partial charge in [-0.3, -0.25) is 9.69 Å². The lowest BCUT2D eigenvalue weighted by atomic mass is 10.0. The van der Waals surface area contributed by atoms with E-state index in [0.29, 0.717) is 6.54 Å². The molecule has 1 aliphatic rings. The van der Waals surface area contributed by atoms with Crippen molar-refractivity contribution >= 4 is 5.97 Å². The van der Waals surface area contributed by atoms with Crippen LogP contribution in [0.2, 0.25) is 0 Å². The fourth-order valence-corrected chi connectivity index (χ4v) is 2.92. The van der Waals surface area contributed by atoms with Crippen LogP contribution in [0.15, 0.2) is 24.3 Å². The molecule has 1 atom stereocenters. The highest BCUT2D eigenvalue weighted by Crippen LogP contribution is 2.18. The van der Waals surface area contributed by atoms with Crippen molar-refractivity contribution in [2.75, 3.05) is 20.2 Å². The third-order valence-corrected chi connectivity index (χ3v) is 3.89. The zero-order chi connectivity index (χ0) is 15.2. The number of nitrogens with one attached hydrogen (secondary N) is 1. The molecule has 0 amide bonds. The molecule has 1 heterocycles. The number of carbonyl (C=O) groups is 1. The smallest absolute Gasteiger partial charge is 0.324 e. The van der Waals surface area contributed by atoms with Gasteiger partial charge in [-0.1, -0.05) is 38.1 Å². The molecule has 0 saturated carbocycles. The van der Waals surface area contributed by atoms with Crippen molar-refractivity contribution in [3.8, 4) is 0 Å². The van der Waals surface area contributed by atoms with E-state index in [1.54, 1.807) is 0 Å². The van der Waals surface area contributed by atoms with Crippen LogP contribution in [0.25, 0.3) is 0 Å². The number of methoxy groups -OCH3 is 1. The van der Waals surface area contributed by atoms with Gasteiger partial charge in [0.15, 0.2) is 0 Å². The van der Waals surface area contributed by atoms with Gasteiger partial charge in [0.05, 0.1) is 7.11 Å². The van der Waals surface area contributed by atoms with Gasteiger partial charge in [0, 0.05) is 19.1 Å². The molecule has 0 fully saturated rings. The number of hydrogen-bond donors (Lipinski definition) is 1. The van der Waals surface area contributed by atoms with E-state index in [1.807, 2.05) is 13.8 Å². The van der Waals surface area contributed by atoms with Crippen LogP contribution in [0.5, 0.6) is 0 Å². The third-order valence-electron chi connectivity index (χ3n) is 3.89. The Kier molecular flexibility index (Phi) is 5.76. The van der Waals surface area contributed by atoms with Crippen LogP contribution in [0, 0.1) is 0 Å². The van der Waals surface area contributed by atoms with Gasteiger partial charge in [0.1, 0.15) is 6.04 Å². The Balaban J connectivity index is 2.05. The molecule has 1 unspecified atom stereocenters. The van der Waals surface area contributed by atoms with Crippen molar-refractivity contribution in [3.05, 3.63) is 35.4 Å². The topological polar surface area (TPSA) is 41.6 Å². The average molecular weight is 290 g/mol. The minimum Gasteiger partial charge on any atom is -0.468 e. The van der Waals surface area contributed by atoms with Crippen molar-refractivity contribution in [2.24, 2.45) is 0 Å². The summed E-state index contributed by atoms with van der Waals surface area (Å²) < 4.78 is 4.93. The highest BCUT2D eigenvalue weighted by Gasteiger charge is 2.24. The Morgan fingerprint density at radius 1 is 1.33 bits per heavy atom. The predicted octanol–water partition coefficient (Wildman–Crippen LogP) is 1.97. The molecule has 0 bridgehead atoms. The average Bonchev–Trinajstić information content (AvgIpc) is 2.66. The van der Waals surface area contributed by atoms with E-state index >= 15 is 0 Å². The molecule has 1 N–H and O–H groups in total. The van der Waals surface area contributed by atoms with Crippen molar-refractivity contribution < 1.29 is 9.53 Å². The first-order chi connectivity index (χ1) is 10.1. The number of nitrogens with zero attached hydrogens (tertiary/aromatic N) is 1. The minimum absolute atomic E-state index is 0.179. The molecule has 2 rings (SSSR count). The number of benzene rings is 1. The van der Waals surface area contributed by atoms with Gasteiger partial charge in [-0.05, 0) is 30.5 Å². The second-order valence-corrected chi connectivity index (χ2v) is 6.00. The minimum atomic E-state index is -0.264. The molecule has 0 radical (unpaired) electrons. The SMILES string of the molecule is COC(=O)C(CN1CCCc2ccccc2C1)NC(C)C. The molecule has 21 heavy (non-hydrogen) atoms. The summed E-state index contributed by atoms with van der Waals surface area (Å²) in [6.45, 7) is 6.71. The number of carbonyl (C=O) groups excluding carboxylic acids is 1. The third kappa shape index (κ3) is 4.55. The van der Waals surface area contributed by atoms with Gasteiger partial charge in [-0.2, -0.15) is 0 Å². The monoisotopic (exact) mass is 290 g/mol. The molecule has 1 aliphatic heterocycles. The number of ether oxygens (including phenoxy) is 1. The predicted molar refractivity (Wildman–Crippen MR) is 84.1 cm³/mol. The molecule has 4 heteroatoms. The molecule has 116 valence electrons. The summed E-state index contributed by atoms with van der Waals surface area (Å²) in [4.78, 5) is 14.3. The standard InChI is InChI=1S/C17H26N2O2/c1-13(2)18-16(17(20)21-3)12-19-10-6-9-14-7-4-5-8-15(14)11-19/h4-5,7-8,13,16,18H,6,9-12H2,1-3H3. The second kappa shape index (κ2) is 7.57. The van der Waals surface area contributed by atoms with Gasteiger partial charge in [0.25, 0.3) is 0 Å². The Hall–Kier alpha value is -1.39. The first-order valence-electron chi connectivity index (χ1n) is 7.73. The number of esters is 1. The second-order valence-electron chi connectivity index (χ2n) is 6.00. The lowest BCUT2D eigenvalue weighted by Gasteiger charge is -2.27. The van der Waals surface area contributed by atoms with Gasteiger partial charge in [-0.25, -0.2) is 0 Å². The normalized spacial score (nSPS) is 17.1. The highest BCUT2D eigenvalue weighted by molar-refractivity contribution is 5.76. The Morgan fingerprint density at radius 3 is 2.71 bits per heavy atom. The number of fused-ring (bicyclic) bond motifs is 1. The van der Waals surface area contributed by atoms with Crippen LogP contribution in [0.4, 0.5) is 0 Å². The number of hydrogen-bond acceptors (Lipinski definition) is 4. The summed E-state index contributed by atoms with van der Waals surface area (Å²) in [6, 6.07) is 8.59. The van der Waals surface area contributed by atoms with E-state index in [1.165, 1.54) is 18.2 Å². The Bertz CT molecular complexity index is 474. The first-order valence-corrected chi connectivity index (χ1v) is 7.73. The summed E-state index contributed by atoms with van der Waals surface area (Å²) in [7, 11) is 1.45. The quantitative estimate of drug-likeness (QED) is 0.842. The summed E-state index contributed by atoms with van der Waals surface area (Å²) in [5.41, 5.74) is 2.81. The molecule has 4 nitrogen and oxygen atoms in total. The Morgan fingerprint density at radius 2 is 2.05 bits per heavy atom. The molecule has 0 aliphatic carbocycles. The molecule has 0 spiro atoms. The summed E-state index contributed by atoms with van der Waals surface area (Å²) in [5, 5.41) is 3.31. The molecular formula is C17H26N2O2. The maximum atomic E-state index is 11.9. The molecule has 0 aromatic heterocycles. The largest absolute Gasteiger partial charge is 0.468 e. The van der Waals surface area contributed by atoms with Crippen LogP contribution in [0.3, 0.4) is 0 Å². The van der Waals surface area contributed by atoms with Gasteiger partial charge < -0.3 is 10.1 Å². The molecule has 1 aromatic carbocycles. The van der Waals surface area contributed by atoms with E-state index in [-0.39, 0.29) is 18.1 Å². The summed E-state index contributed by atoms with van der Waals surface area (Å²) in [6.07, 6.45) is 2.25. The number of aryl methyl sites for hydroxylation is 1. The van der Waals surface area contributed by atoms with Crippen LogP contribution in [-0.4, -0.2) is 43.2 Å². The van der Waals surface area contributed by atoms with Crippen LogP contribution >= 0.6 is 0 Å². The molecular weight excluding hydrogens is 264 g/mol. The molecule has 1 aromatic rings. The fraction of sp³-hybridized carbons (Fsp3) is 0.588. The fourth-order valence-electron chi connectivity index (χ4n) is 2.92. The summed E-state index contributed by atoms with van der Waals surface area (Å²) in [5.74, 6) is -0.179. The van der Waals surface area contributed by atoms with Crippen molar-refractivity contribution in [1.82, 2.24) is 10.2 Å². The van der Waals surface area contributed by atoms with Crippen molar-refractivity contribution in [2.45, 2.75) is 45.3 Å². The first kappa shape index (κ1) is 16.0. The Labute approximate surface area is 127 Å². The highest BCUT2D eigenvalue weighted by atomic mass is 16.5. The van der Waals surface area contributed by atoms with Gasteiger partial charge in [-0.15, -0.1) is 0 Å². The van der Waals surface area contributed by atoms with Crippen molar-refractivity contribution in [3.63, 3.8) is 0 Å². The number of rotatable bonds is 5.